The lowest BCUT2D eigenvalue weighted by atomic mass is 10.1. The van der Waals surface area contributed by atoms with Gasteiger partial charge in [0.05, 0.1) is 23.0 Å². The van der Waals surface area contributed by atoms with Crippen molar-refractivity contribution in [2.45, 2.75) is 18.9 Å². The van der Waals surface area contributed by atoms with E-state index in [4.69, 9.17) is 5.84 Å². The van der Waals surface area contributed by atoms with Gasteiger partial charge in [-0.1, -0.05) is 0 Å². The first-order valence-corrected chi connectivity index (χ1v) is 5.46. The second-order valence-corrected chi connectivity index (χ2v) is 4.54. The summed E-state index contributed by atoms with van der Waals surface area (Å²) in [6.07, 6.45) is 3.64. The summed E-state index contributed by atoms with van der Waals surface area (Å²) in [5.41, 5.74) is 2.62. The molecule has 1 amide bonds. The molecule has 1 fully saturated rings. The van der Waals surface area contributed by atoms with Crippen LogP contribution in [0.1, 0.15) is 23.7 Å². The zero-order valence-electron chi connectivity index (χ0n) is 9.68. The number of hydrazine groups is 1. The van der Waals surface area contributed by atoms with E-state index in [1.165, 1.54) is 6.20 Å². The number of aromatic nitrogens is 1. The van der Waals surface area contributed by atoms with Crippen molar-refractivity contribution in [3.8, 4) is 0 Å². The summed E-state index contributed by atoms with van der Waals surface area (Å²) in [5.74, 6) is 5.19. The molecule has 0 bridgehead atoms. The second-order valence-electron chi connectivity index (χ2n) is 4.54. The molecule has 1 saturated heterocycles. The fourth-order valence-corrected chi connectivity index (χ4v) is 1.98. The van der Waals surface area contributed by atoms with Crippen LogP contribution >= 0.6 is 0 Å². The standard InChI is InChI=1S/C11H16N4O2/c1-11(17)3-5-15(7-11)10(16)8-2-4-13-6-9(8)14-12/h2,4,6,14,17H,3,5,7,12H2,1H3. The lowest BCUT2D eigenvalue weighted by Gasteiger charge is -2.20. The molecule has 0 saturated carbocycles. The lowest BCUT2D eigenvalue weighted by Crippen LogP contribution is -2.34. The SMILES string of the molecule is CC1(O)CCN(C(=O)c2ccncc2NN)C1. The van der Waals surface area contributed by atoms with Gasteiger partial charge in [0.25, 0.3) is 5.91 Å². The van der Waals surface area contributed by atoms with Crippen molar-refractivity contribution >= 4 is 11.6 Å². The summed E-state index contributed by atoms with van der Waals surface area (Å²) in [6.45, 7) is 2.63. The summed E-state index contributed by atoms with van der Waals surface area (Å²) >= 11 is 0. The van der Waals surface area contributed by atoms with Crippen LogP contribution in [0.3, 0.4) is 0 Å². The quantitative estimate of drug-likeness (QED) is 0.495. The number of hydrogen-bond donors (Lipinski definition) is 3. The second kappa shape index (κ2) is 4.31. The predicted molar refractivity (Wildman–Crippen MR) is 63.2 cm³/mol. The van der Waals surface area contributed by atoms with Crippen molar-refractivity contribution in [2.75, 3.05) is 18.5 Å². The van der Waals surface area contributed by atoms with Crippen molar-refractivity contribution in [1.82, 2.24) is 9.88 Å². The maximum absolute atomic E-state index is 12.2. The zero-order chi connectivity index (χ0) is 12.5. The Labute approximate surface area is 99.4 Å². The number of aliphatic hydroxyl groups is 1. The van der Waals surface area contributed by atoms with Crippen LogP contribution in [0.15, 0.2) is 18.5 Å². The Morgan fingerprint density at radius 3 is 3.06 bits per heavy atom. The zero-order valence-corrected chi connectivity index (χ0v) is 9.68. The molecule has 0 aromatic carbocycles. The predicted octanol–water partition coefficient (Wildman–Crippen LogP) is -0.0359. The maximum atomic E-state index is 12.2. The van der Waals surface area contributed by atoms with Gasteiger partial charge < -0.3 is 15.4 Å². The number of β-amino-alcohol motifs (C(OH)–C–C–N with tert-alkyl or cyclic N) is 1. The third kappa shape index (κ3) is 2.37. The molecule has 17 heavy (non-hydrogen) atoms. The van der Waals surface area contributed by atoms with E-state index in [1.54, 1.807) is 24.1 Å². The Morgan fingerprint density at radius 2 is 2.47 bits per heavy atom. The molecule has 0 radical (unpaired) electrons. The van der Waals surface area contributed by atoms with E-state index >= 15 is 0 Å². The molecular formula is C11H16N4O2. The van der Waals surface area contributed by atoms with Crippen LogP contribution in [-0.4, -0.2) is 39.6 Å². The molecule has 1 atom stereocenters. The van der Waals surface area contributed by atoms with Crippen molar-refractivity contribution in [3.05, 3.63) is 24.0 Å². The Balaban J connectivity index is 2.20. The number of nitrogen functional groups attached to an aromatic ring is 1. The third-order valence-corrected chi connectivity index (χ3v) is 2.95. The van der Waals surface area contributed by atoms with Crippen molar-refractivity contribution in [3.63, 3.8) is 0 Å². The first-order valence-electron chi connectivity index (χ1n) is 5.46. The molecule has 92 valence electrons. The number of carbonyl (C=O) groups excluding carboxylic acids is 1. The minimum absolute atomic E-state index is 0.141. The number of hydrogen-bond acceptors (Lipinski definition) is 5. The topological polar surface area (TPSA) is 91.5 Å². The number of nitrogens with one attached hydrogen (secondary N) is 1. The fourth-order valence-electron chi connectivity index (χ4n) is 1.98. The van der Waals surface area contributed by atoms with E-state index in [0.29, 0.717) is 30.8 Å². The number of amides is 1. The number of rotatable bonds is 2. The molecule has 6 nitrogen and oxygen atoms in total. The molecule has 1 aromatic rings. The molecule has 1 aliphatic rings. The molecule has 1 aliphatic heterocycles. The highest BCUT2D eigenvalue weighted by atomic mass is 16.3. The highest BCUT2D eigenvalue weighted by Gasteiger charge is 2.34. The Hall–Kier alpha value is -1.66. The Bertz CT molecular complexity index is 433. The maximum Gasteiger partial charge on any atom is 0.256 e. The van der Waals surface area contributed by atoms with E-state index in [9.17, 15) is 9.90 Å². The van der Waals surface area contributed by atoms with E-state index in [1.807, 2.05) is 0 Å². The highest BCUT2D eigenvalue weighted by Crippen LogP contribution is 2.23. The molecule has 0 spiro atoms. The summed E-state index contributed by atoms with van der Waals surface area (Å²) in [6, 6.07) is 1.62. The van der Waals surface area contributed by atoms with Gasteiger partial charge in [0.2, 0.25) is 0 Å². The number of nitrogens with two attached hydrogens (primary N) is 1. The summed E-state index contributed by atoms with van der Waals surface area (Å²) < 4.78 is 0. The van der Waals surface area contributed by atoms with Crippen LogP contribution in [0.2, 0.25) is 0 Å². The van der Waals surface area contributed by atoms with Crippen LogP contribution in [0.5, 0.6) is 0 Å². The lowest BCUT2D eigenvalue weighted by molar-refractivity contribution is 0.0572. The van der Waals surface area contributed by atoms with Gasteiger partial charge in [-0.2, -0.15) is 0 Å². The molecule has 1 unspecified atom stereocenters. The fraction of sp³-hybridized carbons (Fsp3) is 0.455. The largest absolute Gasteiger partial charge is 0.388 e. The van der Waals surface area contributed by atoms with E-state index in [0.717, 1.165) is 0 Å². The number of pyridine rings is 1. The van der Waals surface area contributed by atoms with Gasteiger partial charge >= 0.3 is 0 Å². The van der Waals surface area contributed by atoms with Crippen LogP contribution in [-0.2, 0) is 0 Å². The molecule has 0 aliphatic carbocycles. The van der Waals surface area contributed by atoms with E-state index in [-0.39, 0.29) is 5.91 Å². The van der Waals surface area contributed by atoms with Crippen molar-refractivity contribution < 1.29 is 9.90 Å². The Kier molecular flexibility index (Phi) is 2.99. The van der Waals surface area contributed by atoms with Crippen LogP contribution in [0.4, 0.5) is 5.69 Å². The van der Waals surface area contributed by atoms with Gasteiger partial charge in [0, 0.05) is 19.3 Å². The first kappa shape index (κ1) is 11.8. The molecule has 2 heterocycles. The van der Waals surface area contributed by atoms with Gasteiger partial charge in [-0.05, 0) is 19.4 Å². The summed E-state index contributed by atoms with van der Waals surface area (Å²) in [7, 11) is 0. The number of nitrogens with zero attached hydrogens (tertiary/aromatic N) is 2. The normalized spacial score (nSPS) is 23.8. The number of carbonyl (C=O) groups is 1. The van der Waals surface area contributed by atoms with Crippen LogP contribution in [0, 0.1) is 0 Å². The molecule has 4 N–H and O–H groups in total. The van der Waals surface area contributed by atoms with Gasteiger partial charge in [-0.25, -0.2) is 0 Å². The average Bonchev–Trinajstić information content (AvgIpc) is 2.68. The van der Waals surface area contributed by atoms with E-state index in [2.05, 4.69) is 10.4 Å². The molecule has 2 rings (SSSR count). The Morgan fingerprint density at radius 1 is 1.71 bits per heavy atom. The highest BCUT2D eigenvalue weighted by molar-refractivity contribution is 5.99. The van der Waals surface area contributed by atoms with Gasteiger partial charge in [0.1, 0.15) is 0 Å². The van der Waals surface area contributed by atoms with E-state index < -0.39 is 5.60 Å². The summed E-state index contributed by atoms with van der Waals surface area (Å²) in [4.78, 5) is 17.7. The first-order chi connectivity index (χ1) is 8.03. The monoisotopic (exact) mass is 236 g/mol. The smallest absolute Gasteiger partial charge is 0.256 e. The minimum Gasteiger partial charge on any atom is -0.388 e. The summed E-state index contributed by atoms with van der Waals surface area (Å²) in [5, 5.41) is 9.84. The van der Waals surface area contributed by atoms with Crippen molar-refractivity contribution in [2.24, 2.45) is 5.84 Å². The van der Waals surface area contributed by atoms with Gasteiger partial charge in [-0.3, -0.25) is 15.6 Å². The van der Waals surface area contributed by atoms with Crippen LogP contribution < -0.4 is 11.3 Å². The minimum atomic E-state index is -0.793. The number of anilines is 1. The number of likely N-dealkylation sites (tertiary alicyclic amines) is 1. The molecular weight excluding hydrogens is 220 g/mol. The third-order valence-electron chi connectivity index (χ3n) is 2.95. The van der Waals surface area contributed by atoms with Crippen molar-refractivity contribution in [1.29, 1.82) is 0 Å². The molecule has 1 aromatic heterocycles. The van der Waals surface area contributed by atoms with Gasteiger partial charge in [0.15, 0.2) is 0 Å². The van der Waals surface area contributed by atoms with Gasteiger partial charge in [-0.15, -0.1) is 0 Å². The average molecular weight is 236 g/mol. The van der Waals surface area contributed by atoms with Crippen LogP contribution in [0.25, 0.3) is 0 Å². The molecule has 6 heteroatoms.